The number of nitrogens with zero attached hydrogens (tertiary/aromatic N) is 4. The van der Waals surface area contributed by atoms with Gasteiger partial charge in [-0.25, -0.2) is 13.4 Å². The highest BCUT2D eigenvalue weighted by Gasteiger charge is 2.12. The molecule has 4 aromatic rings. The lowest BCUT2D eigenvalue weighted by atomic mass is 10.1. The monoisotopic (exact) mass is 408 g/mol. The summed E-state index contributed by atoms with van der Waals surface area (Å²) in [5.41, 5.74) is 3.98. The maximum atomic E-state index is 11.5. The van der Waals surface area contributed by atoms with E-state index in [9.17, 15) is 8.42 Å². The normalized spacial score (nSPS) is 11.5. The lowest BCUT2D eigenvalue weighted by molar-refractivity contribution is 0.607. The minimum atomic E-state index is -3.35. The first-order valence-corrected chi connectivity index (χ1v) is 10.9. The highest BCUT2D eigenvalue weighted by molar-refractivity contribution is 7.92. The number of sulfonamides is 1. The van der Waals surface area contributed by atoms with E-state index in [0.717, 1.165) is 41.7 Å². The molecule has 148 valence electrons. The Morgan fingerprint density at radius 2 is 1.97 bits per heavy atom. The van der Waals surface area contributed by atoms with E-state index in [-0.39, 0.29) is 0 Å². The fourth-order valence-corrected chi connectivity index (χ4v) is 3.63. The Kier molecular flexibility index (Phi) is 5.13. The first kappa shape index (κ1) is 18.9. The smallest absolute Gasteiger partial charge is 0.229 e. The van der Waals surface area contributed by atoms with Gasteiger partial charge in [-0.05, 0) is 41.8 Å². The van der Waals surface area contributed by atoms with Crippen LogP contribution in [0.4, 0.5) is 11.5 Å². The molecule has 0 saturated carbocycles. The Morgan fingerprint density at radius 3 is 2.76 bits per heavy atom. The predicted molar refractivity (Wildman–Crippen MR) is 113 cm³/mol. The van der Waals surface area contributed by atoms with Gasteiger partial charge in [0.2, 0.25) is 10.0 Å². The number of hydrogen-bond donors (Lipinski definition) is 2. The number of benzene rings is 1. The molecule has 0 unspecified atom stereocenters. The Morgan fingerprint density at radius 1 is 1.07 bits per heavy atom. The number of fused-ring (bicyclic) bond motifs is 1. The molecule has 0 bridgehead atoms. The molecule has 0 aliphatic heterocycles. The fourth-order valence-electron chi connectivity index (χ4n) is 3.07. The van der Waals surface area contributed by atoms with E-state index in [0.29, 0.717) is 11.3 Å². The van der Waals surface area contributed by atoms with Crippen molar-refractivity contribution in [2.45, 2.75) is 6.42 Å². The van der Waals surface area contributed by atoms with Crippen molar-refractivity contribution in [2.24, 2.45) is 0 Å². The minimum absolute atomic E-state index is 0.495. The topological polar surface area (TPSA) is 101 Å². The minimum Gasteiger partial charge on any atom is -0.370 e. The van der Waals surface area contributed by atoms with Crippen molar-refractivity contribution >= 4 is 27.2 Å². The van der Waals surface area contributed by atoms with Crippen LogP contribution in [0.2, 0.25) is 0 Å². The molecular formula is C20H20N6O2S. The van der Waals surface area contributed by atoms with Gasteiger partial charge in [0, 0.05) is 36.4 Å². The molecule has 2 N–H and O–H groups in total. The van der Waals surface area contributed by atoms with E-state index in [1.807, 2.05) is 30.5 Å². The van der Waals surface area contributed by atoms with Crippen LogP contribution >= 0.6 is 0 Å². The number of hydrogen-bond acceptors (Lipinski definition) is 6. The van der Waals surface area contributed by atoms with E-state index >= 15 is 0 Å². The van der Waals surface area contributed by atoms with Crippen molar-refractivity contribution in [3.05, 3.63) is 72.8 Å². The molecule has 0 spiro atoms. The van der Waals surface area contributed by atoms with Crippen LogP contribution in [0.1, 0.15) is 5.56 Å². The van der Waals surface area contributed by atoms with Crippen molar-refractivity contribution < 1.29 is 8.42 Å². The molecule has 4 rings (SSSR count). The highest BCUT2D eigenvalue weighted by Crippen LogP contribution is 2.27. The standard InChI is InChI=1S/C20H20N6O2S/c1-29(27,28)25-17-6-2-5-16(12-17)18-14-24-26-19(8-11-23-20(18)26)22-10-7-15-4-3-9-21-13-15/h2-6,8-9,11-14,22,25H,7,10H2,1H3. The molecule has 0 radical (unpaired) electrons. The quantitative estimate of drug-likeness (QED) is 0.488. The zero-order valence-corrected chi connectivity index (χ0v) is 16.6. The molecule has 0 fully saturated rings. The third kappa shape index (κ3) is 4.52. The second-order valence-corrected chi connectivity index (χ2v) is 8.37. The second-order valence-electron chi connectivity index (χ2n) is 6.62. The van der Waals surface area contributed by atoms with Gasteiger partial charge in [-0.15, -0.1) is 0 Å². The molecule has 8 nitrogen and oxygen atoms in total. The highest BCUT2D eigenvalue weighted by atomic mass is 32.2. The van der Waals surface area contributed by atoms with Gasteiger partial charge in [-0.1, -0.05) is 18.2 Å². The summed E-state index contributed by atoms with van der Waals surface area (Å²) < 4.78 is 27.3. The summed E-state index contributed by atoms with van der Waals surface area (Å²) in [5.74, 6) is 0.829. The van der Waals surface area contributed by atoms with Gasteiger partial charge in [0.05, 0.1) is 12.5 Å². The lowest BCUT2D eigenvalue weighted by Gasteiger charge is -2.09. The average Bonchev–Trinajstić information content (AvgIpc) is 3.13. The van der Waals surface area contributed by atoms with Crippen molar-refractivity contribution in [3.8, 4) is 11.1 Å². The SMILES string of the molecule is CS(=O)(=O)Nc1cccc(-c2cnn3c(NCCc4cccnc4)ccnc23)c1. The van der Waals surface area contributed by atoms with Crippen molar-refractivity contribution in [2.75, 3.05) is 22.8 Å². The van der Waals surface area contributed by atoms with E-state index in [1.54, 1.807) is 41.3 Å². The molecule has 0 aliphatic carbocycles. The molecule has 0 saturated heterocycles. The summed E-state index contributed by atoms with van der Waals surface area (Å²) in [6, 6.07) is 13.0. The third-order valence-electron chi connectivity index (χ3n) is 4.32. The fraction of sp³-hybridized carbons (Fsp3) is 0.150. The summed E-state index contributed by atoms with van der Waals surface area (Å²) in [7, 11) is -3.35. The van der Waals surface area contributed by atoms with Crippen LogP contribution in [0.3, 0.4) is 0 Å². The van der Waals surface area contributed by atoms with Crippen LogP contribution in [-0.4, -0.2) is 40.8 Å². The largest absolute Gasteiger partial charge is 0.370 e. The number of anilines is 2. The van der Waals surface area contributed by atoms with Crippen LogP contribution in [0, 0.1) is 0 Å². The van der Waals surface area contributed by atoms with E-state index in [4.69, 9.17) is 0 Å². The average molecular weight is 408 g/mol. The maximum absolute atomic E-state index is 11.5. The molecule has 3 heterocycles. The van der Waals surface area contributed by atoms with Crippen LogP contribution in [-0.2, 0) is 16.4 Å². The van der Waals surface area contributed by atoms with Gasteiger partial charge in [-0.2, -0.15) is 9.61 Å². The summed E-state index contributed by atoms with van der Waals surface area (Å²) >= 11 is 0. The van der Waals surface area contributed by atoms with Gasteiger partial charge in [0.1, 0.15) is 5.82 Å². The summed E-state index contributed by atoms with van der Waals surface area (Å²) in [5, 5.41) is 7.85. The first-order valence-electron chi connectivity index (χ1n) is 9.03. The Balaban J connectivity index is 1.58. The molecule has 0 atom stereocenters. The zero-order valence-electron chi connectivity index (χ0n) is 15.8. The van der Waals surface area contributed by atoms with Crippen molar-refractivity contribution in [1.29, 1.82) is 0 Å². The number of pyridine rings is 1. The lowest BCUT2D eigenvalue weighted by Crippen LogP contribution is -2.09. The van der Waals surface area contributed by atoms with Crippen molar-refractivity contribution in [3.63, 3.8) is 0 Å². The van der Waals surface area contributed by atoms with Gasteiger partial charge in [0.25, 0.3) is 0 Å². The van der Waals surface area contributed by atoms with E-state index in [2.05, 4.69) is 25.1 Å². The molecular weight excluding hydrogens is 388 g/mol. The second kappa shape index (κ2) is 7.88. The maximum Gasteiger partial charge on any atom is 0.229 e. The summed E-state index contributed by atoms with van der Waals surface area (Å²) in [4.78, 5) is 8.59. The molecule has 1 aromatic carbocycles. The van der Waals surface area contributed by atoms with Crippen molar-refractivity contribution in [1.82, 2.24) is 19.6 Å². The molecule has 29 heavy (non-hydrogen) atoms. The third-order valence-corrected chi connectivity index (χ3v) is 4.93. The van der Waals surface area contributed by atoms with Crippen LogP contribution < -0.4 is 10.0 Å². The Hall–Kier alpha value is -3.46. The van der Waals surface area contributed by atoms with Gasteiger partial charge < -0.3 is 5.32 Å². The summed E-state index contributed by atoms with van der Waals surface area (Å²) in [6.07, 6.45) is 9.03. The number of nitrogens with one attached hydrogen (secondary N) is 2. The van der Waals surface area contributed by atoms with Crippen LogP contribution in [0.5, 0.6) is 0 Å². The van der Waals surface area contributed by atoms with Crippen LogP contribution in [0.15, 0.2) is 67.3 Å². The molecule has 3 aromatic heterocycles. The van der Waals surface area contributed by atoms with E-state index < -0.39 is 10.0 Å². The summed E-state index contributed by atoms with van der Waals surface area (Å²) in [6.45, 7) is 0.730. The molecule has 9 heteroatoms. The van der Waals surface area contributed by atoms with E-state index in [1.165, 1.54) is 0 Å². The molecule has 0 aliphatic rings. The number of aromatic nitrogens is 4. The van der Waals surface area contributed by atoms with Gasteiger partial charge in [0.15, 0.2) is 5.65 Å². The Labute approximate surface area is 168 Å². The first-order chi connectivity index (χ1) is 14.0. The zero-order chi connectivity index (χ0) is 20.3. The van der Waals surface area contributed by atoms with Crippen LogP contribution in [0.25, 0.3) is 16.8 Å². The Bertz CT molecular complexity index is 1240. The predicted octanol–water partition coefficient (Wildman–Crippen LogP) is 2.82. The van der Waals surface area contributed by atoms with Gasteiger partial charge >= 0.3 is 0 Å². The molecule has 0 amide bonds. The van der Waals surface area contributed by atoms with Gasteiger partial charge in [-0.3, -0.25) is 9.71 Å². The number of rotatable bonds is 7.